The highest BCUT2D eigenvalue weighted by Gasteiger charge is 2.22. The standard InChI is InChI=1S/C21H31N5O2/c1-21(2,3)16-25-12-10-19-24-23-18(26(19)14-13-25)9-11-22-20(27)15-28-17-7-5-4-6-8-17/h4-8H,9-16H2,1-3H3,(H,22,27). The number of para-hydroxylation sites is 1. The smallest absolute Gasteiger partial charge is 0.257 e. The number of aromatic nitrogens is 3. The molecule has 1 aromatic heterocycles. The third-order valence-electron chi connectivity index (χ3n) is 4.68. The van der Waals surface area contributed by atoms with Gasteiger partial charge in [-0.25, -0.2) is 0 Å². The molecule has 1 N–H and O–H groups in total. The summed E-state index contributed by atoms with van der Waals surface area (Å²) in [6, 6.07) is 9.35. The first-order valence-electron chi connectivity index (χ1n) is 9.98. The van der Waals surface area contributed by atoms with Gasteiger partial charge in [-0.2, -0.15) is 0 Å². The fraction of sp³-hybridized carbons (Fsp3) is 0.571. The topological polar surface area (TPSA) is 72.3 Å². The highest BCUT2D eigenvalue weighted by molar-refractivity contribution is 5.77. The van der Waals surface area contributed by atoms with E-state index in [0.29, 0.717) is 24.1 Å². The van der Waals surface area contributed by atoms with Crippen LogP contribution in [0, 0.1) is 5.41 Å². The van der Waals surface area contributed by atoms with Crippen LogP contribution in [0.1, 0.15) is 32.4 Å². The first kappa shape index (κ1) is 20.3. The van der Waals surface area contributed by atoms with Gasteiger partial charge in [-0.15, -0.1) is 10.2 Å². The van der Waals surface area contributed by atoms with Gasteiger partial charge in [0.2, 0.25) is 0 Å². The van der Waals surface area contributed by atoms with Crippen LogP contribution in [0.2, 0.25) is 0 Å². The van der Waals surface area contributed by atoms with E-state index < -0.39 is 0 Å². The summed E-state index contributed by atoms with van der Waals surface area (Å²) >= 11 is 0. The number of benzene rings is 1. The summed E-state index contributed by atoms with van der Waals surface area (Å²) in [7, 11) is 0. The second-order valence-corrected chi connectivity index (χ2v) is 8.47. The minimum absolute atomic E-state index is 0.0176. The van der Waals surface area contributed by atoms with Crippen molar-refractivity contribution in [3.63, 3.8) is 0 Å². The molecule has 3 rings (SSSR count). The van der Waals surface area contributed by atoms with Crippen molar-refractivity contribution in [1.82, 2.24) is 25.0 Å². The van der Waals surface area contributed by atoms with Crippen molar-refractivity contribution in [1.29, 1.82) is 0 Å². The Morgan fingerprint density at radius 3 is 2.68 bits per heavy atom. The van der Waals surface area contributed by atoms with Gasteiger partial charge < -0.3 is 19.5 Å². The van der Waals surface area contributed by atoms with E-state index in [1.165, 1.54) is 0 Å². The first-order valence-corrected chi connectivity index (χ1v) is 9.98. The van der Waals surface area contributed by atoms with Gasteiger partial charge in [0.15, 0.2) is 6.61 Å². The van der Waals surface area contributed by atoms with E-state index in [4.69, 9.17) is 4.74 Å². The number of carbonyl (C=O) groups is 1. The molecule has 0 saturated heterocycles. The summed E-state index contributed by atoms with van der Waals surface area (Å²) in [6.07, 6.45) is 1.59. The zero-order valence-corrected chi connectivity index (χ0v) is 17.1. The van der Waals surface area contributed by atoms with Crippen molar-refractivity contribution in [2.24, 2.45) is 5.41 Å². The average Bonchev–Trinajstić information content (AvgIpc) is 2.93. The van der Waals surface area contributed by atoms with Crippen LogP contribution in [-0.2, 0) is 24.2 Å². The molecule has 1 aromatic carbocycles. The van der Waals surface area contributed by atoms with Crippen LogP contribution in [0.4, 0.5) is 0 Å². The maximum Gasteiger partial charge on any atom is 0.257 e. The first-order chi connectivity index (χ1) is 13.4. The van der Waals surface area contributed by atoms with Gasteiger partial charge in [-0.3, -0.25) is 4.79 Å². The van der Waals surface area contributed by atoms with Crippen molar-refractivity contribution >= 4 is 5.91 Å². The number of nitrogens with one attached hydrogen (secondary N) is 1. The molecule has 0 aliphatic carbocycles. The van der Waals surface area contributed by atoms with E-state index in [1.54, 1.807) is 0 Å². The molecule has 7 heteroatoms. The molecular formula is C21H31N5O2. The van der Waals surface area contributed by atoms with Gasteiger partial charge in [-0.05, 0) is 17.5 Å². The maximum atomic E-state index is 12.0. The van der Waals surface area contributed by atoms with Crippen molar-refractivity contribution in [2.45, 2.75) is 40.2 Å². The summed E-state index contributed by atoms with van der Waals surface area (Å²) in [4.78, 5) is 14.5. The van der Waals surface area contributed by atoms with Crippen LogP contribution < -0.4 is 10.1 Å². The Labute approximate surface area is 167 Å². The van der Waals surface area contributed by atoms with Gasteiger partial charge in [0, 0.05) is 45.6 Å². The highest BCUT2D eigenvalue weighted by atomic mass is 16.5. The minimum Gasteiger partial charge on any atom is -0.484 e. The zero-order chi connectivity index (χ0) is 20.0. The number of amides is 1. The predicted molar refractivity (Wildman–Crippen MR) is 108 cm³/mol. The van der Waals surface area contributed by atoms with Gasteiger partial charge in [-0.1, -0.05) is 39.0 Å². The Kier molecular flexibility index (Phi) is 6.67. The van der Waals surface area contributed by atoms with Gasteiger partial charge in [0.25, 0.3) is 5.91 Å². The van der Waals surface area contributed by atoms with E-state index in [9.17, 15) is 4.79 Å². The molecule has 0 bridgehead atoms. The number of hydrogen-bond acceptors (Lipinski definition) is 5. The summed E-state index contributed by atoms with van der Waals surface area (Å²) in [5, 5.41) is 11.6. The van der Waals surface area contributed by atoms with E-state index in [2.05, 4.69) is 45.8 Å². The number of hydrogen-bond donors (Lipinski definition) is 1. The Hall–Kier alpha value is -2.41. The average molecular weight is 386 g/mol. The third kappa shape index (κ3) is 6.05. The maximum absolute atomic E-state index is 12.0. The molecule has 0 saturated carbocycles. The molecule has 152 valence electrons. The van der Waals surface area contributed by atoms with Crippen molar-refractivity contribution in [2.75, 3.05) is 32.8 Å². The Morgan fingerprint density at radius 2 is 1.93 bits per heavy atom. The number of ether oxygens (including phenoxy) is 1. The predicted octanol–water partition coefficient (Wildman–Crippen LogP) is 1.92. The quantitative estimate of drug-likeness (QED) is 0.788. The van der Waals surface area contributed by atoms with Crippen LogP contribution >= 0.6 is 0 Å². The molecule has 1 aliphatic heterocycles. The lowest BCUT2D eigenvalue weighted by Gasteiger charge is -2.28. The number of rotatable bonds is 7. The molecular weight excluding hydrogens is 354 g/mol. The van der Waals surface area contributed by atoms with Gasteiger partial charge >= 0.3 is 0 Å². The fourth-order valence-corrected chi connectivity index (χ4v) is 3.47. The molecule has 0 atom stereocenters. The van der Waals surface area contributed by atoms with Crippen LogP contribution in [0.25, 0.3) is 0 Å². The number of nitrogens with zero attached hydrogens (tertiary/aromatic N) is 4. The number of carbonyl (C=O) groups excluding carboxylic acids is 1. The molecule has 2 aromatic rings. The molecule has 28 heavy (non-hydrogen) atoms. The molecule has 1 amide bonds. The molecule has 0 unspecified atom stereocenters. The van der Waals surface area contributed by atoms with E-state index in [-0.39, 0.29) is 12.5 Å². The largest absolute Gasteiger partial charge is 0.484 e. The summed E-state index contributed by atoms with van der Waals surface area (Å²) in [5.41, 5.74) is 0.291. The van der Waals surface area contributed by atoms with Crippen LogP contribution in [0.3, 0.4) is 0 Å². The molecule has 7 nitrogen and oxygen atoms in total. The van der Waals surface area contributed by atoms with E-state index in [0.717, 1.165) is 44.2 Å². The summed E-state index contributed by atoms with van der Waals surface area (Å²) in [5.74, 6) is 2.55. The molecule has 0 radical (unpaired) electrons. The van der Waals surface area contributed by atoms with Crippen LogP contribution in [0.5, 0.6) is 5.75 Å². The van der Waals surface area contributed by atoms with Crippen molar-refractivity contribution in [3.05, 3.63) is 42.0 Å². The Balaban J connectivity index is 1.44. The van der Waals surface area contributed by atoms with Gasteiger partial charge in [0.1, 0.15) is 17.4 Å². The van der Waals surface area contributed by atoms with Crippen LogP contribution in [-0.4, -0.2) is 58.4 Å². The Morgan fingerprint density at radius 1 is 1.14 bits per heavy atom. The van der Waals surface area contributed by atoms with Crippen molar-refractivity contribution in [3.8, 4) is 5.75 Å². The lowest BCUT2D eigenvalue weighted by molar-refractivity contribution is -0.123. The second-order valence-electron chi connectivity index (χ2n) is 8.47. The summed E-state index contributed by atoms with van der Waals surface area (Å²) < 4.78 is 7.68. The molecule has 0 fully saturated rings. The molecule has 2 heterocycles. The lowest BCUT2D eigenvalue weighted by Crippen LogP contribution is -2.35. The van der Waals surface area contributed by atoms with E-state index in [1.807, 2.05) is 30.3 Å². The zero-order valence-electron chi connectivity index (χ0n) is 17.1. The highest BCUT2D eigenvalue weighted by Crippen LogP contribution is 2.17. The SMILES string of the molecule is CC(C)(C)CN1CCc2nnc(CCNC(=O)COc3ccccc3)n2CC1. The molecule has 0 spiro atoms. The minimum atomic E-state index is -0.129. The Bertz CT molecular complexity index is 767. The van der Waals surface area contributed by atoms with Gasteiger partial charge in [0.05, 0.1) is 0 Å². The van der Waals surface area contributed by atoms with Crippen molar-refractivity contribution < 1.29 is 9.53 Å². The summed E-state index contributed by atoms with van der Waals surface area (Å²) in [6.45, 7) is 11.4. The lowest BCUT2D eigenvalue weighted by atomic mass is 9.96. The third-order valence-corrected chi connectivity index (χ3v) is 4.68. The fourth-order valence-electron chi connectivity index (χ4n) is 3.47. The number of fused-ring (bicyclic) bond motifs is 1. The molecule has 1 aliphatic rings. The monoisotopic (exact) mass is 385 g/mol. The normalized spacial score (nSPS) is 15.0. The van der Waals surface area contributed by atoms with E-state index >= 15 is 0 Å². The second kappa shape index (κ2) is 9.19. The van der Waals surface area contributed by atoms with Crippen LogP contribution in [0.15, 0.2) is 30.3 Å².